The molecule has 1 N–H and O–H groups in total. The minimum absolute atomic E-state index is 0.112. The predicted octanol–water partition coefficient (Wildman–Crippen LogP) is 3.81. The lowest BCUT2D eigenvalue weighted by atomic mass is 9.96. The first-order valence-corrected chi connectivity index (χ1v) is 8.30. The van der Waals surface area contributed by atoms with E-state index in [-0.39, 0.29) is 12.3 Å². The molecule has 1 aromatic carbocycles. The maximum atomic E-state index is 12.5. The van der Waals surface area contributed by atoms with Crippen molar-refractivity contribution in [2.45, 2.75) is 44.6 Å². The first kappa shape index (κ1) is 16.3. The molecule has 2 aromatic rings. The molecule has 0 radical (unpaired) electrons. The van der Waals surface area contributed by atoms with Crippen LogP contribution >= 0.6 is 23.2 Å². The Morgan fingerprint density at radius 1 is 1.35 bits per heavy atom. The molecule has 0 atom stereocenters. The van der Waals surface area contributed by atoms with Crippen molar-refractivity contribution in [3.8, 4) is 0 Å². The molecule has 1 fully saturated rings. The summed E-state index contributed by atoms with van der Waals surface area (Å²) in [6, 6.07) is 5.13. The van der Waals surface area contributed by atoms with E-state index in [1.807, 2.05) is 0 Å². The summed E-state index contributed by atoms with van der Waals surface area (Å²) in [5.74, 6) is 0.947. The van der Waals surface area contributed by atoms with E-state index in [0.717, 1.165) is 31.2 Å². The van der Waals surface area contributed by atoms with Crippen LogP contribution in [0.4, 0.5) is 0 Å². The van der Waals surface area contributed by atoms with Gasteiger partial charge in [0.2, 0.25) is 11.8 Å². The fraction of sp³-hybridized carbons (Fsp3) is 0.438. The molecule has 0 unspecified atom stereocenters. The quantitative estimate of drug-likeness (QED) is 0.907. The van der Waals surface area contributed by atoms with E-state index in [9.17, 15) is 4.79 Å². The molecule has 7 heteroatoms. The number of nitrogens with one attached hydrogen (secondary N) is 1. The number of benzene rings is 1. The van der Waals surface area contributed by atoms with Crippen LogP contribution in [-0.4, -0.2) is 16.0 Å². The van der Waals surface area contributed by atoms with Crippen LogP contribution in [0.3, 0.4) is 0 Å². The van der Waals surface area contributed by atoms with Crippen LogP contribution in [0.15, 0.2) is 22.7 Å². The molecule has 3 rings (SSSR count). The highest BCUT2D eigenvalue weighted by molar-refractivity contribution is 6.35. The van der Waals surface area contributed by atoms with Gasteiger partial charge in [0, 0.05) is 17.0 Å². The van der Waals surface area contributed by atoms with Gasteiger partial charge in [-0.1, -0.05) is 47.3 Å². The number of aryl methyl sites for hydroxylation is 1. The van der Waals surface area contributed by atoms with Crippen LogP contribution in [-0.2, 0) is 16.8 Å². The molecule has 1 amide bonds. The lowest BCUT2D eigenvalue weighted by Gasteiger charge is -2.26. The average Bonchev–Trinajstić information content (AvgIpc) is 3.12. The van der Waals surface area contributed by atoms with Crippen molar-refractivity contribution in [1.82, 2.24) is 15.5 Å². The maximum absolute atomic E-state index is 12.5. The van der Waals surface area contributed by atoms with E-state index in [0.29, 0.717) is 21.8 Å². The fourth-order valence-corrected chi connectivity index (χ4v) is 3.50. The zero-order valence-corrected chi connectivity index (χ0v) is 14.2. The van der Waals surface area contributed by atoms with E-state index in [2.05, 4.69) is 15.5 Å². The van der Waals surface area contributed by atoms with E-state index in [4.69, 9.17) is 27.7 Å². The number of carbonyl (C=O) groups is 1. The second-order valence-corrected chi connectivity index (χ2v) is 6.73. The van der Waals surface area contributed by atoms with Crippen molar-refractivity contribution in [3.05, 3.63) is 45.5 Å². The molecule has 23 heavy (non-hydrogen) atoms. The fourth-order valence-electron chi connectivity index (χ4n) is 3.03. The maximum Gasteiger partial charge on any atom is 0.225 e. The molecule has 1 saturated carbocycles. The van der Waals surface area contributed by atoms with Crippen molar-refractivity contribution in [2.24, 2.45) is 0 Å². The van der Waals surface area contributed by atoms with Crippen molar-refractivity contribution in [1.29, 1.82) is 0 Å². The van der Waals surface area contributed by atoms with Crippen LogP contribution < -0.4 is 5.32 Å². The van der Waals surface area contributed by atoms with E-state index < -0.39 is 5.54 Å². The van der Waals surface area contributed by atoms with E-state index >= 15 is 0 Å². The molecule has 5 nitrogen and oxygen atoms in total. The van der Waals surface area contributed by atoms with Crippen LogP contribution in [0, 0.1) is 6.92 Å². The Morgan fingerprint density at radius 3 is 2.70 bits per heavy atom. The number of nitrogens with zero attached hydrogens (tertiary/aromatic N) is 2. The Morgan fingerprint density at radius 2 is 2.09 bits per heavy atom. The summed E-state index contributed by atoms with van der Waals surface area (Å²) in [5, 5.41) is 8.15. The lowest BCUT2D eigenvalue weighted by Crippen LogP contribution is -2.45. The second kappa shape index (κ2) is 6.49. The highest BCUT2D eigenvalue weighted by atomic mass is 35.5. The topological polar surface area (TPSA) is 68.0 Å². The largest absolute Gasteiger partial charge is 0.343 e. The molecule has 0 bridgehead atoms. The Kier molecular flexibility index (Phi) is 4.60. The minimum Gasteiger partial charge on any atom is -0.343 e. The number of aromatic nitrogens is 2. The molecule has 0 saturated heterocycles. The second-order valence-electron chi connectivity index (χ2n) is 5.89. The van der Waals surface area contributed by atoms with Crippen molar-refractivity contribution < 1.29 is 9.32 Å². The average molecular weight is 354 g/mol. The van der Waals surface area contributed by atoms with Gasteiger partial charge < -0.3 is 9.84 Å². The zero-order valence-electron chi connectivity index (χ0n) is 12.7. The van der Waals surface area contributed by atoms with Crippen molar-refractivity contribution >= 4 is 29.1 Å². The monoisotopic (exact) mass is 353 g/mol. The molecule has 1 aliphatic carbocycles. The molecule has 122 valence electrons. The predicted molar refractivity (Wildman–Crippen MR) is 87.5 cm³/mol. The first-order chi connectivity index (χ1) is 11.0. The third-order valence-corrected chi connectivity index (χ3v) is 4.74. The Labute approximate surface area is 144 Å². The van der Waals surface area contributed by atoms with Crippen LogP contribution in [0.2, 0.25) is 10.0 Å². The van der Waals surface area contributed by atoms with Gasteiger partial charge in [0.15, 0.2) is 5.82 Å². The molecule has 1 aromatic heterocycles. The van der Waals surface area contributed by atoms with Gasteiger partial charge in [0.05, 0.1) is 6.42 Å². The Bertz CT molecular complexity index is 724. The zero-order chi connectivity index (χ0) is 16.4. The summed E-state index contributed by atoms with van der Waals surface area (Å²) in [7, 11) is 0. The highest BCUT2D eigenvalue weighted by Crippen LogP contribution is 2.37. The third-order valence-electron chi connectivity index (χ3n) is 4.16. The molecule has 1 aliphatic rings. The summed E-state index contributed by atoms with van der Waals surface area (Å²) in [5.41, 5.74) is 0.208. The lowest BCUT2D eigenvalue weighted by molar-refractivity contribution is -0.122. The Balaban J connectivity index is 1.77. The number of hydrogen-bond donors (Lipinski definition) is 1. The van der Waals surface area contributed by atoms with Gasteiger partial charge in [-0.05, 0) is 30.5 Å². The first-order valence-electron chi connectivity index (χ1n) is 7.54. The normalized spacial score (nSPS) is 16.5. The van der Waals surface area contributed by atoms with Crippen molar-refractivity contribution in [3.63, 3.8) is 0 Å². The summed E-state index contributed by atoms with van der Waals surface area (Å²) in [6.45, 7) is 1.74. The summed E-state index contributed by atoms with van der Waals surface area (Å²) in [4.78, 5) is 16.8. The van der Waals surface area contributed by atoms with Gasteiger partial charge >= 0.3 is 0 Å². The standard InChI is InChI=1S/C16H17Cl2N3O2/c1-10-19-15(21-23-10)16(6-2-3-7-16)20-14(22)8-11-4-5-12(17)9-13(11)18/h4-5,9H,2-3,6-8H2,1H3,(H,20,22). The number of hydrogen-bond acceptors (Lipinski definition) is 4. The van der Waals surface area contributed by atoms with Gasteiger partial charge in [0.25, 0.3) is 0 Å². The van der Waals surface area contributed by atoms with Crippen LogP contribution in [0.1, 0.15) is 43.0 Å². The molecule has 0 aliphatic heterocycles. The number of amides is 1. The van der Waals surface area contributed by atoms with E-state index in [1.54, 1.807) is 25.1 Å². The van der Waals surface area contributed by atoms with Gasteiger partial charge in [-0.15, -0.1) is 0 Å². The molecular weight excluding hydrogens is 337 g/mol. The summed E-state index contributed by atoms with van der Waals surface area (Å²) in [6.07, 6.45) is 3.86. The summed E-state index contributed by atoms with van der Waals surface area (Å²) < 4.78 is 5.09. The molecular formula is C16H17Cl2N3O2. The smallest absolute Gasteiger partial charge is 0.225 e. The minimum atomic E-state index is -0.534. The Hall–Kier alpha value is -1.59. The number of rotatable bonds is 4. The van der Waals surface area contributed by atoms with E-state index in [1.165, 1.54) is 0 Å². The number of carbonyl (C=O) groups excluding carboxylic acids is 1. The molecule has 0 spiro atoms. The highest BCUT2D eigenvalue weighted by Gasteiger charge is 2.41. The number of halogens is 2. The molecule has 1 heterocycles. The van der Waals surface area contributed by atoms with Crippen LogP contribution in [0.25, 0.3) is 0 Å². The SMILES string of the molecule is Cc1nc(C2(NC(=O)Cc3ccc(Cl)cc3Cl)CCCC2)no1. The van der Waals surface area contributed by atoms with Gasteiger partial charge in [-0.3, -0.25) is 4.79 Å². The van der Waals surface area contributed by atoms with Crippen molar-refractivity contribution in [2.75, 3.05) is 0 Å². The summed E-state index contributed by atoms with van der Waals surface area (Å²) >= 11 is 12.0. The van der Waals surface area contributed by atoms with Gasteiger partial charge in [-0.25, -0.2) is 0 Å². The van der Waals surface area contributed by atoms with Gasteiger partial charge in [-0.2, -0.15) is 4.98 Å². The van der Waals surface area contributed by atoms with Gasteiger partial charge in [0.1, 0.15) is 5.54 Å². The van der Waals surface area contributed by atoms with Crippen LogP contribution in [0.5, 0.6) is 0 Å². The third kappa shape index (κ3) is 3.51.